The largest absolute Gasteiger partial charge is 0.496 e. The second kappa shape index (κ2) is 14.8. The monoisotopic (exact) mass is 508 g/mol. The molecule has 1 atom stereocenters. The number of rotatable bonds is 12. The molecule has 2 rings (SSSR count). The molecule has 11 heteroatoms. The van der Waals surface area contributed by atoms with Crippen molar-refractivity contribution < 1.29 is 23.5 Å². The van der Waals surface area contributed by atoms with Crippen molar-refractivity contribution in [1.82, 2.24) is 20.5 Å². The molecular weight excluding hydrogens is 476 g/mol. The van der Waals surface area contributed by atoms with Crippen LogP contribution in [0.4, 0.5) is 15.3 Å². The van der Waals surface area contributed by atoms with Crippen molar-refractivity contribution in [1.29, 1.82) is 5.26 Å². The van der Waals surface area contributed by atoms with Gasteiger partial charge in [-0.25, -0.2) is 14.6 Å². The van der Waals surface area contributed by atoms with E-state index >= 15 is 0 Å². The number of anilines is 1. The minimum atomic E-state index is -0.588. The van der Waals surface area contributed by atoms with Crippen molar-refractivity contribution in [3.05, 3.63) is 66.9 Å². The van der Waals surface area contributed by atoms with Gasteiger partial charge in [0.25, 0.3) is 0 Å². The number of nitrogens with one attached hydrogen (secondary N) is 3. The number of nitrogens with zero attached hydrogens (tertiary/aromatic N) is 3. The summed E-state index contributed by atoms with van der Waals surface area (Å²) in [4.78, 5) is 29.9. The summed E-state index contributed by atoms with van der Waals surface area (Å²) >= 11 is 0. The molecule has 3 amide bonds. The predicted octanol–water partition coefficient (Wildman–Crippen LogP) is 4.06. The van der Waals surface area contributed by atoms with Gasteiger partial charge in [-0.3, -0.25) is 0 Å². The van der Waals surface area contributed by atoms with Crippen LogP contribution in [0.5, 0.6) is 5.75 Å². The molecule has 1 aromatic carbocycles. The molecule has 0 aliphatic rings. The molecule has 37 heavy (non-hydrogen) atoms. The second-order valence-corrected chi connectivity index (χ2v) is 8.16. The van der Waals surface area contributed by atoms with Crippen molar-refractivity contribution in [2.24, 2.45) is 0 Å². The summed E-state index contributed by atoms with van der Waals surface area (Å²) in [5, 5.41) is 16.9. The van der Waals surface area contributed by atoms with Crippen molar-refractivity contribution in [3.8, 4) is 23.1 Å². The zero-order valence-electron chi connectivity index (χ0n) is 21.4. The van der Waals surface area contributed by atoms with Gasteiger partial charge < -0.3 is 34.7 Å². The van der Waals surface area contributed by atoms with Gasteiger partial charge in [0.05, 0.1) is 37.4 Å². The van der Waals surface area contributed by atoms with E-state index in [2.05, 4.69) is 33.6 Å². The number of likely N-dealkylation sites (N-methyl/N-ethyl adjacent to an activating group) is 1. The lowest BCUT2D eigenvalue weighted by molar-refractivity contribution is 0.112. The fourth-order valence-electron chi connectivity index (χ4n) is 3.00. The zero-order chi connectivity index (χ0) is 27.2. The first-order valence-corrected chi connectivity index (χ1v) is 11.3. The molecule has 0 aliphatic heterocycles. The van der Waals surface area contributed by atoms with Crippen LogP contribution in [0.2, 0.25) is 0 Å². The molecule has 2 aromatic rings. The van der Waals surface area contributed by atoms with E-state index < -0.39 is 12.1 Å². The molecule has 0 radical (unpaired) electrons. The minimum Gasteiger partial charge on any atom is -0.496 e. The molecule has 0 spiro atoms. The molecule has 196 valence electrons. The highest BCUT2D eigenvalue weighted by Crippen LogP contribution is 2.32. The number of carbonyl (C=O) groups excluding carboxylic acids is 2. The highest BCUT2D eigenvalue weighted by molar-refractivity contribution is 5.91. The summed E-state index contributed by atoms with van der Waals surface area (Å²) in [7, 11) is 5.17. The van der Waals surface area contributed by atoms with E-state index in [1.165, 1.54) is 13.5 Å². The number of hydrogen-bond acceptors (Lipinski definition) is 8. The number of allylic oxidation sites excluding steroid dienone is 3. The summed E-state index contributed by atoms with van der Waals surface area (Å²) in [6, 6.07) is 6.65. The normalized spacial score (nSPS) is 12.1. The average molecular weight is 509 g/mol. The Hall–Kier alpha value is -4.56. The average Bonchev–Trinajstić information content (AvgIpc) is 3.39. The van der Waals surface area contributed by atoms with Crippen LogP contribution < -0.4 is 20.7 Å². The Morgan fingerprint density at radius 2 is 2.14 bits per heavy atom. The van der Waals surface area contributed by atoms with Gasteiger partial charge in [0.1, 0.15) is 12.4 Å². The maximum Gasteiger partial charge on any atom is 0.407 e. The van der Waals surface area contributed by atoms with E-state index in [1.54, 1.807) is 49.5 Å². The van der Waals surface area contributed by atoms with Crippen LogP contribution in [-0.2, 0) is 4.74 Å². The van der Waals surface area contributed by atoms with E-state index in [0.717, 1.165) is 0 Å². The fraction of sp³-hybridized carbons (Fsp3) is 0.308. The summed E-state index contributed by atoms with van der Waals surface area (Å²) in [6.45, 7) is 5.91. The molecule has 0 saturated carbocycles. The number of carbonyl (C=O) groups is 2. The second-order valence-electron chi connectivity index (χ2n) is 8.16. The first-order chi connectivity index (χ1) is 17.7. The molecule has 0 fully saturated rings. The van der Waals surface area contributed by atoms with Crippen LogP contribution in [-0.4, -0.2) is 62.4 Å². The van der Waals surface area contributed by atoms with Crippen molar-refractivity contribution in [2.45, 2.75) is 19.4 Å². The standard InChI is InChI=1S/C26H32N6O5/c1-18(14-29-26(34)36-16-21(11-12-27)32(3)4)7-6-8-19(2)30-25(33)31-20-9-10-22(23(13-20)35-5)24-15-28-17-37-24/h6-10,13,15,17,21H,1,11,14,16H2,2-5H3,(H,29,34)(H2,30,31,33)/b7-6-,19-8+/t21-/m1/s1. The van der Waals surface area contributed by atoms with Crippen LogP contribution >= 0.6 is 0 Å². The number of nitriles is 1. The molecule has 1 heterocycles. The van der Waals surface area contributed by atoms with Crippen LogP contribution in [0.1, 0.15) is 13.3 Å². The van der Waals surface area contributed by atoms with Gasteiger partial charge in [-0.15, -0.1) is 0 Å². The van der Waals surface area contributed by atoms with Crippen molar-refractivity contribution >= 4 is 17.8 Å². The molecule has 1 aromatic heterocycles. The number of benzene rings is 1. The zero-order valence-corrected chi connectivity index (χ0v) is 21.4. The van der Waals surface area contributed by atoms with Gasteiger partial charge in [-0.05, 0) is 44.8 Å². The summed E-state index contributed by atoms with van der Waals surface area (Å²) in [6.07, 6.45) is 7.69. The third kappa shape index (κ3) is 9.91. The van der Waals surface area contributed by atoms with E-state index in [4.69, 9.17) is 19.2 Å². The minimum absolute atomic E-state index is 0.114. The molecule has 0 unspecified atom stereocenters. The highest BCUT2D eigenvalue weighted by atomic mass is 16.5. The van der Waals surface area contributed by atoms with E-state index in [-0.39, 0.29) is 25.6 Å². The Bertz CT molecular complexity index is 1160. The Morgan fingerprint density at radius 1 is 1.35 bits per heavy atom. The van der Waals surface area contributed by atoms with E-state index in [1.807, 2.05) is 19.0 Å². The van der Waals surface area contributed by atoms with Gasteiger partial charge in [-0.2, -0.15) is 5.26 Å². The summed E-state index contributed by atoms with van der Waals surface area (Å²) < 4.78 is 15.8. The smallest absolute Gasteiger partial charge is 0.407 e. The molecule has 0 bridgehead atoms. The Labute approximate surface area is 216 Å². The number of alkyl carbamates (subject to hydrolysis) is 1. The number of ether oxygens (including phenoxy) is 2. The number of hydrogen-bond donors (Lipinski definition) is 3. The van der Waals surface area contributed by atoms with Crippen LogP contribution in [0, 0.1) is 11.3 Å². The maximum atomic E-state index is 12.3. The van der Waals surface area contributed by atoms with Gasteiger partial charge in [0.2, 0.25) is 0 Å². The van der Waals surface area contributed by atoms with E-state index in [9.17, 15) is 9.59 Å². The first-order valence-electron chi connectivity index (χ1n) is 11.3. The fourth-order valence-corrected chi connectivity index (χ4v) is 3.00. The van der Waals surface area contributed by atoms with Crippen molar-refractivity contribution in [3.63, 3.8) is 0 Å². The summed E-state index contributed by atoms with van der Waals surface area (Å²) in [5.74, 6) is 1.08. The third-order valence-corrected chi connectivity index (χ3v) is 5.07. The Morgan fingerprint density at radius 3 is 2.78 bits per heavy atom. The van der Waals surface area contributed by atoms with Gasteiger partial charge in [0.15, 0.2) is 12.2 Å². The lowest BCUT2D eigenvalue weighted by Gasteiger charge is -2.21. The summed E-state index contributed by atoms with van der Waals surface area (Å²) in [5.41, 5.74) is 2.47. The molecule has 0 saturated heterocycles. The number of oxazole rings is 1. The van der Waals surface area contributed by atoms with Crippen LogP contribution in [0.15, 0.2) is 71.3 Å². The quantitative estimate of drug-likeness (QED) is 0.365. The first kappa shape index (κ1) is 28.7. The molecule has 3 N–H and O–H groups in total. The van der Waals surface area contributed by atoms with Gasteiger partial charge >= 0.3 is 12.1 Å². The maximum absolute atomic E-state index is 12.3. The van der Waals surface area contributed by atoms with Gasteiger partial charge in [0, 0.05) is 24.0 Å². The SMILES string of the molecule is C=C(/C=C\C=C(/C)NC(=O)Nc1ccc(-c2cnco2)c(OC)c1)CNC(=O)OC[C@@H](CC#N)N(C)C. The third-order valence-electron chi connectivity index (χ3n) is 5.07. The topological polar surface area (TPSA) is 142 Å². The Kier molecular flexibility index (Phi) is 11.4. The van der Waals surface area contributed by atoms with Crippen LogP contribution in [0.3, 0.4) is 0 Å². The van der Waals surface area contributed by atoms with Gasteiger partial charge in [-0.1, -0.05) is 18.7 Å². The molecule has 11 nitrogen and oxygen atoms in total. The number of amides is 3. The number of urea groups is 1. The molecular formula is C26H32N6O5. The lowest BCUT2D eigenvalue weighted by atomic mass is 10.1. The molecule has 0 aliphatic carbocycles. The van der Waals surface area contributed by atoms with Crippen LogP contribution in [0.25, 0.3) is 11.3 Å². The Balaban J connectivity index is 1.78. The highest BCUT2D eigenvalue weighted by Gasteiger charge is 2.14. The predicted molar refractivity (Wildman–Crippen MR) is 140 cm³/mol. The number of aromatic nitrogens is 1. The van der Waals surface area contributed by atoms with Crippen molar-refractivity contribution in [2.75, 3.05) is 39.7 Å². The van der Waals surface area contributed by atoms with E-state index in [0.29, 0.717) is 34.0 Å². The lowest BCUT2D eigenvalue weighted by Crippen LogP contribution is -2.35. The number of methoxy groups -OCH3 is 1.